The van der Waals surface area contributed by atoms with Crippen LogP contribution in [-0.2, 0) is 11.2 Å². The van der Waals surface area contributed by atoms with Gasteiger partial charge in [-0.05, 0) is 55.3 Å². The molecule has 0 aliphatic carbocycles. The first kappa shape index (κ1) is 19.4. The van der Waals surface area contributed by atoms with Gasteiger partial charge in [-0.1, -0.05) is 36.5 Å². The number of thioether (sulfide) groups is 1. The van der Waals surface area contributed by atoms with Crippen molar-refractivity contribution >= 4 is 44.4 Å². The highest BCUT2D eigenvalue weighted by Gasteiger charge is 2.27. The highest BCUT2D eigenvalue weighted by molar-refractivity contribution is 7.98. The van der Waals surface area contributed by atoms with Crippen LogP contribution in [0.15, 0.2) is 47.4 Å². The molecule has 2 heterocycles. The zero-order valence-corrected chi connectivity index (χ0v) is 17.8. The first-order chi connectivity index (χ1) is 13.7. The molecule has 0 N–H and O–H groups in total. The number of ether oxygens (including phenoxy) is 1. The Kier molecular flexibility index (Phi) is 5.99. The number of para-hydroxylation sites is 1. The van der Waals surface area contributed by atoms with Crippen molar-refractivity contribution in [1.29, 1.82) is 0 Å². The average Bonchev–Trinajstić information content (AvgIpc) is 3.40. The largest absolute Gasteiger partial charge is 0.376 e. The van der Waals surface area contributed by atoms with E-state index in [2.05, 4.69) is 25.1 Å². The standard InChI is InChI=1S/C22H24N2O2S2/c1-3-15-7-5-11-19-20(15)23-22(28-19)24(14-17-9-6-12-26-17)21(25)16-8-4-10-18(13-16)27-2/h4-5,7-8,10-11,13,17H,3,6,9,12,14H2,1-2H3. The molecule has 4 rings (SSSR count). The third kappa shape index (κ3) is 3.95. The van der Waals surface area contributed by atoms with Crippen LogP contribution in [0.3, 0.4) is 0 Å². The maximum atomic E-state index is 13.5. The molecular formula is C22H24N2O2S2. The van der Waals surface area contributed by atoms with Crippen LogP contribution in [0.4, 0.5) is 5.13 Å². The Morgan fingerprint density at radius 2 is 2.18 bits per heavy atom. The van der Waals surface area contributed by atoms with Crippen molar-refractivity contribution in [3.05, 3.63) is 53.6 Å². The number of aromatic nitrogens is 1. The molecule has 1 aliphatic rings. The number of fused-ring (bicyclic) bond motifs is 1. The average molecular weight is 413 g/mol. The lowest BCUT2D eigenvalue weighted by atomic mass is 10.1. The van der Waals surface area contributed by atoms with Crippen LogP contribution in [0, 0.1) is 0 Å². The Labute approximate surface area is 173 Å². The molecule has 146 valence electrons. The molecule has 1 unspecified atom stereocenters. The Bertz CT molecular complexity index is 980. The topological polar surface area (TPSA) is 42.4 Å². The number of nitrogens with zero attached hydrogens (tertiary/aromatic N) is 2. The minimum atomic E-state index is -0.0106. The van der Waals surface area contributed by atoms with Gasteiger partial charge in [0.15, 0.2) is 5.13 Å². The van der Waals surface area contributed by atoms with E-state index in [0.717, 1.165) is 46.1 Å². The fourth-order valence-electron chi connectivity index (χ4n) is 3.55. The predicted molar refractivity (Wildman–Crippen MR) is 118 cm³/mol. The number of thiazole rings is 1. The van der Waals surface area contributed by atoms with Gasteiger partial charge in [0, 0.05) is 17.1 Å². The number of benzene rings is 2. The van der Waals surface area contributed by atoms with Gasteiger partial charge in [-0.15, -0.1) is 11.8 Å². The van der Waals surface area contributed by atoms with Crippen molar-refractivity contribution in [2.45, 2.75) is 37.2 Å². The molecule has 0 spiro atoms. The number of rotatable bonds is 6. The third-order valence-corrected chi connectivity index (χ3v) is 6.84. The first-order valence-electron chi connectivity index (χ1n) is 9.65. The van der Waals surface area contributed by atoms with E-state index < -0.39 is 0 Å². The van der Waals surface area contributed by atoms with Crippen LogP contribution in [0.2, 0.25) is 0 Å². The summed E-state index contributed by atoms with van der Waals surface area (Å²) in [5, 5.41) is 0.756. The lowest BCUT2D eigenvalue weighted by molar-refractivity contribution is 0.0917. The van der Waals surface area contributed by atoms with Gasteiger partial charge in [0.2, 0.25) is 0 Å². The Morgan fingerprint density at radius 3 is 2.93 bits per heavy atom. The second-order valence-corrected chi connectivity index (χ2v) is 8.79. The summed E-state index contributed by atoms with van der Waals surface area (Å²) in [6.45, 7) is 3.45. The molecule has 4 nitrogen and oxygen atoms in total. The minimum absolute atomic E-state index is 0.0106. The summed E-state index contributed by atoms with van der Waals surface area (Å²) in [5.74, 6) is -0.0106. The predicted octanol–water partition coefficient (Wildman–Crippen LogP) is 5.41. The maximum absolute atomic E-state index is 13.5. The molecule has 1 aromatic heterocycles. The Morgan fingerprint density at radius 1 is 1.32 bits per heavy atom. The van der Waals surface area contributed by atoms with Gasteiger partial charge in [0.1, 0.15) is 0 Å². The van der Waals surface area contributed by atoms with E-state index in [1.54, 1.807) is 23.1 Å². The number of carbonyl (C=O) groups excluding carboxylic acids is 1. The molecule has 1 saturated heterocycles. The van der Waals surface area contributed by atoms with Crippen LogP contribution in [0.25, 0.3) is 10.2 Å². The van der Waals surface area contributed by atoms with E-state index in [1.807, 2.05) is 35.4 Å². The molecule has 3 aromatic rings. The van der Waals surface area contributed by atoms with Crippen LogP contribution in [0.1, 0.15) is 35.7 Å². The molecule has 28 heavy (non-hydrogen) atoms. The van der Waals surface area contributed by atoms with Crippen LogP contribution in [-0.4, -0.2) is 36.4 Å². The Hall–Kier alpha value is -1.89. The molecule has 0 radical (unpaired) electrons. The second-order valence-electron chi connectivity index (χ2n) is 6.90. The maximum Gasteiger partial charge on any atom is 0.260 e. The molecule has 1 aliphatic heterocycles. The van der Waals surface area contributed by atoms with Gasteiger partial charge in [0.05, 0.1) is 22.9 Å². The highest BCUT2D eigenvalue weighted by atomic mass is 32.2. The molecule has 1 amide bonds. The minimum Gasteiger partial charge on any atom is -0.376 e. The van der Waals surface area contributed by atoms with Gasteiger partial charge >= 0.3 is 0 Å². The molecular weight excluding hydrogens is 388 g/mol. The van der Waals surface area contributed by atoms with Crippen molar-refractivity contribution in [2.24, 2.45) is 0 Å². The summed E-state index contributed by atoms with van der Waals surface area (Å²) in [6, 6.07) is 14.1. The van der Waals surface area contributed by atoms with Crippen molar-refractivity contribution in [3.8, 4) is 0 Å². The lowest BCUT2D eigenvalue weighted by Gasteiger charge is -2.23. The summed E-state index contributed by atoms with van der Waals surface area (Å²) < 4.78 is 6.96. The summed E-state index contributed by atoms with van der Waals surface area (Å²) >= 11 is 3.23. The number of anilines is 1. The number of hydrogen-bond donors (Lipinski definition) is 0. The zero-order valence-electron chi connectivity index (χ0n) is 16.2. The molecule has 0 bridgehead atoms. The van der Waals surface area contributed by atoms with Crippen molar-refractivity contribution in [3.63, 3.8) is 0 Å². The number of amides is 1. The van der Waals surface area contributed by atoms with E-state index in [9.17, 15) is 4.79 Å². The molecule has 0 saturated carbocycles. The van der Waals surface area contributed by atoms with Gasteiger partial charge in [-0.3, -0.25) is 9.69 Å². The van der Waals surface area contributed by atoms with Gasteiger partial charge in [-0.25, -0.2) is 4.98 Å². The molecule has 2 aromatic carbocycles. The first-order valence-corrected chi connectivity index (χ1v) is 11.7. The fourth-order valence-corrected chi connectivity index (χ4v) is 5.03. The SMILES string of the molecule is CCc1cccc2sc(N(CC3CCCO3)C(=O)c3cccc(SC)c3)nc12. The van der Waals surface area contributed by atoms with E-state index >= 15 is 0 Å². The van der Waals surface area contributed by atoms with Gasteiger partial charge in [-0.2, -0.15) is 0 Å². The Balaban J connectivity index is 1.73. The molecule has 1 fully saturated rings. The summed E-state index contributed by atoms with van der Waals surface area (Å²) in [5.41, 5.74) is 2.92. The summed E-state index contributed by atoms with van der Waals surface area (Å²) in [6.07, 6.45) is 5.06. The molecule has 1 atom stereocenters. The van der Waals surface area contributed by atoms with E-state index in [1.165, 1.54) is 5.56 Å². The number of hydrogen-bond acceptors (Lipinski definition) is 5. The summed E-state index contributed by atoms with van der Waals surface area (Å²) in [4.78, 5) is 21.2. The van der Waals surface area contributed by atoms with Crippen molar-refractivity contribution < 1.29 is 9.53 Å². The van der Waals surface area contributed by atoms with Crippen LogP contribution in [0.5, 0.6) is 0 Å². The zero-order chi connectivity index (χ0) is 19.5. The third-order valence-electron chi connectivity index (χ3n) is 5.08. The monoisotopic (exact) mass is 412 g/mol. The van der Waals surface area contributed by atoms with E-state index in [0.29, 0.717) is 12.1 Å². The van der Waals surface area contributed by atoms with Crippen LogP contribution < -0.4 is 4.90 Å². The van der Waals surface area contributed by atoms with E-state index in [-0.39, 0.29) is 12.0 Å². The summed E-state index contributed by atoms with van der Waals surface area (Å²) in [7, 11) is 0. The van der Waals surface area contributed by atoms with Crippen molar-refractivity contribution in [1.82, 2.24) is 4.98 Å². The lowest BCUT2D eigenvalue weighted by Crippen LogP contribution is -2.37. The number of carbonyl (C=O) groups is 1. The number of aryl methyl sites for hydroxylation is 1. The quantitative estimate of drug-likeness (QED) is 0.508. The second kappa shape index (κ2) is 8.64. The highest BCUT2D eigenvalue weighted by Crippen LogP contribution is 2.33. The molecule has 6 heteroatoms. The van der Waals surface area contributed by atoms with Gasteiger partial charge < -0.3 is 4.74 Å². The smallest absolute Gasteiger partial charge is 0.260 e. The van der Waals surface area contributed by atoms with E-state index in [4.69, 9.17) is 9.72 Å². The fraction of sp³-hybridized carbons (Fsp3) is 0.364. The van der Waals surface area contributed by atoms with Crippen LogP contribution >= 0.6 is 23.1 Å². The normalized spacial score (nSPS) is 16.6. The van der Waals surface area contributed by atoms with Crippen molar-refractivity contribution in [2.75, 3.05) is 24.3 Å². The van der Waals surface area contributed by atoms with Gasteiger partial charge in [0.25, 0.3) is 5.91 Å².